The van der Waals surface area contributed by atoms with Crippen molar-refractivity contribution in [3.8, 4) is 17.0 Å². The number of carbonyl (C=O) groups is 2. The molecule has 2 aromatic carbocycles. The number of ether oxygens (including phenoxy) is 1. The molecule has 0 spiro atoms. The Kier molecular flexibility index (Phi) is 5.20. The molecule has 0 aliphatic carbocycles. The summed E-state index contributed by atoms with van der Waals surface area (Å²) < 4.78 is 9.78. The van der Waals surface area contributed by atoms with Gasteiger partial charge in [0.15, 0.2) is 12.4 Å². The Balaban J connectivity index is 1.57. The van der Waals surface area contributed by atoms with Crippen LogP contribution in [0.1, 0.15) is 17.3 Å². The highest BCUT2D eigenvalue weighted by molar-refractivity contribution is 7.10. The highest BCUT2D eigenvalue weighted by Gasteiger charge is 2.09. The van der Waals surface area contributed by atoms with Crippen molar-refractivity contribution >= 4 is 28.2 Å². The molecule has 0 aliphatic heterocycles. The number of anilines is 1. The van der Waals surface area contributed by atoms with Gasteiger partial charge in [-0.05, 0) is 30.6 Å². The summed E-state index contributed by atoms with van der Waals surface area (Å²) in [4.78, 5) is 23.4. The number of nitrogens with zero attached hydrogens (tertiary/aromatic N) is 1. The van der Waals surface area contributed by atoms with Gasteiger partial charge in [0.05, 0.1) is 5.69 Å². The lowest BCUT2D eigenvalue weighted by atomic mass is 10.1. The summed E-state index contributed by atoms with van der Waals surface area (Å²) in [6.07, 6.45) is 0. The minimum Gasteiger partial charge on any atom is -0.484 e. The second kappa shape index (κ2) is 7.72. The Morgan fingerprint density at radius 2 is 1.88 bits per heavy atom. The fourth-order valence-electron chi connectivity index (χ4n) is 2.21. The SMILES string of the molecule is CC(=O)c1cccc(OCC(=O)Nc2cc(-c3ccccc3)ns2)c1. The first kappa shape index (κ1) is 16.9. The molecule has 0 atom stereocenters. The zero-order valence-electron chi connectivity index (χ0n) is 13.6. The molecule has 0 radical (unpaired) electrons. The molecule has 5 nitrogen and oxygen atoms in total. The summed E-state index contributed by atoms with van der Waals surface area (Å²) in [5.74, 6) is 0.154. The topological polar surface area (TPSA) is 68.3 Å². The van der Waals surface area contributed by atoms with Crippen molar-refractivity contribution in [2.24, 2.45) is 0 Å². The normalized spacial score (nSPS) is 10.3. The van der Waals surface area contributed by atoms with E-state index in [1.54, 1.807) is 24.3 Å². The van der Waals surface area contributed by atoms with E-state index >= 15 is 0 Å². The maximum atomic E-state index is 12.0. The first-order valence-electron chi connectivity index (χ1n) is 7.67. The number of ketones is 1. The molecule has 0 bridgehead atoms. The highest BCUT2D eigenvalue weighted by Crippen LogP contribution is 2.25. The van der Waals surface area contributed by atoms with Gasteiger partial charge in [-0.3, -0.25) is 9.59 Å². The van der Waals surface area contributed by atoms with Gasteiger partial charge in [0, 0.05) is 17.2 Å². The number of benzene rings is 2. The molecule has 1 amide bonds. The number of hydrogen-bond acceptors (Lipinski definition) is 5. The van der Waals surface area contributed by atoms with Gasteiger partial charge in [-0.1, -0.05) is 42.5 Å². The van der Waals surface area contributed by atoms with E-state index in [2.05, 4.69) is 9.69 Å². The number of carbonyl (C=O) groups excluding carboxylic acids is 2. The van der Waals surface area contributed by atoms with Gasteiger partial charge in [0.25, 0.3) is 5.91 Å². The second-order valence-electron chi connectivity index (χ2n) is 5.36. The van der Waals surface area contributed by atoms with Gasteiger partial charge < -0.3 is 10.1 Å². The molecule has 0 aliphatic rings. The van der Waals surface area contributed by atoms with Gasteiger partial charge in [-0.2, -0.15) is 4.37 Å². The summed E-state index contributed by atoms with van der Waals surface area (Å²) in [5, 5.41) is 3.42. The van der Waals surface area contributed by atoms with Crippen molar-refractivity contribution in [3.63, 3.8) is 0 Å². The van der Waals surface area contributed by atoms with Crippen molar-refractivity contribution in [1.29, 1.82) is 0 Å². The molecule has 1 aromatic heterocycles. The van der Waals surface area contributed by atoms with E-state index in [4.69, 9.17) is 4.74 Å². The zero-order valence-corrected chi connectivity index (χ0v) is 14.4. The maximum Gasteiger partial charge on any atom is 0.262 e. The zero-order chi connectivity index (χ0) is 17.6. The molecule has 0 saturated heterocycles. The third-order valence-corrected chi connectivity index (χ3v) is 4.16. The summed E-state index contributed by atoms with van der Waals surface area (Å²) in [5.41, 5.74) is 2.36. The standard InChI is InChI=1S/C19H16N2O3S/c1-13(22)15-8-5-9-16(10-15)24-12-18(23)20-19-11-17(21-25-19)14-6-3-2-4-7-14/h2-11H,12H2,1H3,(H,20,23). The smallest absolute Gasteiger partial charge is 0.262 e. The van der Waals surface area contributed by atoms with Crippen molar-refractivity contribution in [2.75, 3.05) is 11.9 Å². The quantitative estimate of drug-likeness (QED) is 0.680. The summed E-state index contributed by atoms with van der Waals surface area (Å²) in [6, 6.07) is 18.3. The van der Waals surface area contributed by atoms with Crippen LogP contribution in [-0.4, -0.2) is 22.7 Å². The van der Waals surface area contributed by atoms with Crippen molar-refractivity contribution in [2.45, 2.75) is 6.92 Å². The van der Waals surface area contributed by atoms with Gasteiger partial charge >= 0.3 is 0 Å². The van der Waals surface area contributed by atoms with E-state index in [0.29, 0.717) is 16.3 Å². The minimum absolute atomic E-state index is 0.0481. The fraction of sp³-hybridized carbons (Fsp3) is 0.105. The number of Topliss-reactive ketones (excluding diaryl/α,β-unsaturated/α-hetero) is 1. The van der Waals surface area contributed by atoms with Crippen LogP contribution in [0.25, 0.3) is 11.3 Å². The Labute approximate surface area is 149 Å². The Morgan fingerprint density at radius 1 is 1.08 bits per heavy atom. The van der Waals surface area contributed by atoms with E-state index in [0.717, 1.165) is 11.3 Å². The fourth-order valence-corrected chi connectivity index (χ4v) is 2.88. The molecule has 0 fully saturated rings. The van der Waals surface area contributed by atoms with Crippen molar-refractivity contribution in [3.05, 3.63) is 66.2 Å². The molecular weight excluding hydrogens is 336 g/mol. The summed E-state index contributed by atoms with van der Waals surface area (Å²) in [6.45, 7) is 1.35. The average molecular weight is 352 g/mol. The van der Waals surface area contributed by atoms with Crippen LogP contribution >= 0.6 is 11.5 Å². The van der Waals surface area contributed by atoms with E-state index in [9.17, 15) is 9.59 Å². The van der Waals surface area contributed by atoms with E-state index < -0.39 is 0 Å². The molecule has 3 rings (SSSR count). The third kappa shape index (κ3) is 4.51. The number of amides is 1. The predicted octanol–water partition coefficient (Wildman–Crippen LogP) is 4.03. The molecule has 3 aromatic rings. The van der Waals surface area contributed by atoms with Crippen LogP contribution in [0.15, 0.2) is 60.7 Å². The van der Waals surface area contributed by atoms with E-state index in [-0.39, 0.29) is 18.3 Å². The van der Waals surface area contributed by atoms with Crippen molar-refractivity contribution < 1.29 is 14.3 Å². The van der Waals surface area contributed by atoms with Crippen LogP contribution in [0.2, 0.25) is 0 Å². The van der Waals surface area contributed by atoms with Gasteiger partial charge in [-0.25, -0.2) is 0 Å². The lowest BCUT2D eigenvalue weighted by Gasteiger charge is -2.06. The van der Waals surface area contributed by atoms with Crippen LogP contribution in [0.3, 0.4) is 0 Å². The van der Waals surface area contributed by atoms with Gasteiger partial charge in [-0.15, -0.1) is 0 Å². The van der Waals surface area contributed by atoms with E-state index in [1.165, 1.54) is 18.5 Å². The third-order valence-electron chi connectivity index (χ3n) is 3.45. The molecule has 0 unspecified atom stereocenters. The van der Waals surface area contributed by atoms with Crippen LogP contribution < -0.4 is 10.1 Å². The van der Waals surface area contributed by atoms with Crippen LogP contribution in [0, 0.1) is 0 Å². The first-order chi connectivity index (χ1) is 12.1. The Hall–Kier alpha value is -2.99. The summed E-state index contributed by atoms with van der Waals surface area (Å²) in [7, 11) is 0. The minimum atomic E-state index is -0.281. The molecule has 126 valence electrons. The number of rotatable bonds is 6. The van der Waals surface area contributed by atoms with Gasteiger partial charge in [0.2, 0.25) is 0 Å². The molecule has 1 heterocycles. The molecular formula is C19H16N2O3S. The van der Waals surface area contributed by atoms with Crippen LogP contribution in [0.4, 0.5) is 5.00 Å². The lowest BCUT2D eigenvalue weighted by molar-refractivity contribution is -0.118. The summed E-state index contributed by atoms with van der Waals surface area (Å²) >= 11 is 1.22. The number of nitrogens with one attached hydrogen (secondary N) is 1. The van der Waals surface area contributed by atoms with Crippen molar-refractivity contribution in [1.82, 2.24) is 4.37 Å². The second-order valence-corrected chi connectivity index (χ2v) is 6.17. The molecule has 6 heteroatoms. The van der Waals surface area contributed by atoms with Gasteiger partial charge in [0.1, 0.15) is 10.8 Å². The average Bonchev–Trinajstić information content (AvgIpc) is 3.09. The predicted molar refractivity (Wildman–Crippen MR) is 98.1 cm³/mol. The molecule has 0 saturated carbocycles. The highest BCUT2D eigenvalue weighted by atomic mass is 32.1. The lowest BCUT2D eigenvalue weighted by Crippen LogP contribution is -2.19. The molecule has 25 heavy (non-hydrogen) atoms. The Bertz CT molecular complexity index is 890. The van der Waals surface area contributed by atoms with E-state index in [1.807, 2.05) is 36.4 Å². The van der Waals surface area contributed by atoms with Crippen LogP contribution in [-0.2, 0) is 4.79 Å². The largest absolute Gasteiger partial charge is 0.484 e. The number of hydrogen-bond donors (Lipinski definition) is 1. The first-order valence-corrected chi connectivity index (χ1v) is 8.45. The monoisotopic (exact) mass is 352 g/mol. The number of aromatic nitrogens is 1. The molecule has 1 N–H and O–H groups in total. The van der Waals surface area contributed by atoms with Crippen LogP contribution in [0.5, 0.6) is 5.75 Å². The Morgan fingerprint density at radius 3 is 2.64 bits per heavy atom. The maximum absolute atomic E-state index is 12.0.